The van der Waals surface area contributed by atoms with Crippen LogP contribution >= 0.6 is 0 Å². The fourth-order valence-electron chi connectivity index (χ4n) is 6.61. The molecule has 1 unspecified atom stereocenters. The van der Waals surface area contributed by atoms with Crippen molar-refractivity contribution in [2.75, 3.05) is 0 Å². The van der Waals surface area contributed by atoms with E-state index in [0.29, 0.717) is 5.41 Å². The zero-order chi connectivity index (χ0) is 21.3. The summed E-state index contributed by atoms with van der Waals surface area (Å²) in [6.45, 7) is 4.59. The van der Waals surface area contributed by atoms with Crippen molar-refractivity contribution in [3.05, 3.63) is 35.4 Å². The number of hydrogen-bond acceptors (Lipinski definition) is 1. The molecule has 1 heteroatoms. The fraction of sp³-hybridized carbons (Fsp3) is 0.759. The first-order valence-corrected chi connectivity index (χ1v) is 13.2. The van der Waals surface area contributed by atoms with E-state index in [1.54, 1.807) is 0 Å². The van der Waals surface area contributed by atoms with Crippen LogP contribution in [0, 0.1) is 22.7 Å². The van der Waals surface area contributed by atoms with Crippen molar-refractivity contribution in [1.29, 1.82) is 5.26 Å². The highest BCUT2D eigenvalue weighted by Gasteiger charge is 2.45. The number of unbranched alkanes of at least 4 members (excludes halogenated alkanes) is 2. The molecule has 1 aromatic carbocycles. The van der Waals surface area contributed by atoms with Crippen LogP contribution in [0.5, 0.6) is 0 Å². The van der Waals surface area contributed by atoms with Gasteiger partial charge in [0.2, 0.25) is 0 Å². The summed E-state index contributed by atoms with van der Waals surface area (Å²) in [5.41, 5.74) is 3.45. The highest BCUT2D eigenvalue weighted by Crippen LogP contribution is 2.53. The van der Waals surface area contributed by atoms with Crippen LogP contribution in [-0.4, -0.2) is 0 Å². The molecule has 2 saturated carbocycles. The lowest BCUT2D eigenvalue weighted by Crippen LogP contribution is -2.40. The molecular weight excluding hydrogens is 362 g/mol. The number of nitriles is 1. The third-order valence-electron chi connectivity index (χ3n) is 8.53. The molecule has 1 aromatic rings. The lowest BCUT2D eigenvalue weighted by Gasteiger charge is -2.47. The van der Waals surface area contributed by atoms with Gasteiger partial charge in [0, 0.05) is 5.41 Å². The van der Waals surface area contributed by atoms with Gasteiger partial charge in [-0.1, -0.05) is 95.9 Å². The highest BCUT2D eigenvalue weighted by molar-refractivity contribution is 5.33. The van der Waals surface area contributed by atoms with Crippen LogP contribution in [0.3, 0.4) is 0 Å². The lowest BCUT2D eigenvalue weighted by molar-refractivity contribution is 0.0973. The Morgan fingerprint density at radius 1 is 0.833 bits per heavy atom. The number of aryl methyl sites for hydroxylation is 1. The number of benzene rings is 1. The summed E-state index contributed by atoms with van der Waals surface area (Å²) in [6.07, 6.45) is 22.0. The average Bonchev–Trinajstić information content (AvgIpc) is 2.81. The van der Waals surface area contributed by atoms with E-state index in [-0.39, 0.29) is 11.3 Å². The Labute approximate surface area is 186 Å². The van der Waals surface area contributed by atoms with Gasteiger partial charge in [-0.15, -0.1) is 0 Å². The monoisotopic (exact) mass is 407 g/mol. The third-order valence-corrected chi connectivity index (χ3v) is 8.53. The summed E-state index contributed by atoms with van der Waals surface area (Å²) in [7, 11) is 0. The normalized spacial score (nSPS) is 21.6. The van der Waals surface area contributed by atoms with Gasteiger partial charge in [-0.25, -0.2) is 0 Å². The molecule has 2 aliphatic carbocycles. The van der Waals surface area contributed by atoms with Crippen LogP contribution < -0.4 is 0 Å². The van der Waals surface area contributed by atoms with Gasteiger partial charge >= 0.3 is 0 Å². The van der Waals surface area contributed by atoms with E-state index < -0.39 is 0 Å². The van der Waals surface area contributed by atoms with Crippen LogP contribution in [0.4, 0.5) is 0 Å². The Morgan fingerprint density at radius 2 is 1.43 bits per heavy atom. The van der Waals surface area contributed by atoms with E-state index in [2.05, 4.69) is 44.2 Å². The molecule has 0 saturated heterocycles. The largest absolute Gasteiger partial charge is 0.198 e. The second-order valence-electron chi connectivity index (χ2n) is 10.6. The van der Waals surface area contributed by atoms with E-state index >= 15 is 0 Å². The summed E-state index contributed by atoms with van der Waals surface area (Å²) in [5, 5.41) is 10.5. The zero-order valence-corrected chi connectivity index (χ0v) is 19.9. The molecule has 30 heavy (non-hydrogen) atoms. The molecule has 0 radical (unpaired) electrons. The molecule has 3 rings (SSSR count). The van der Waals surface area contributed by atoms with Crippen LogP contribution in [0.25, 0.3) is 0 Å². The van der Waals surface area contributed by atoms with Crippen LogP contribution in [0.2, 0.25) is 0 Å². The Hall–Kier alpha value is -1.29. The molecule has 0 N–H and O–H groups in total. The molecule has 0 spiro atoms. The number of nitrogens with zero attached hydrogens (tertiary/aromatic N) is 1. The minimum atomic E-state index is 0.0902. The Kier molecular flexibility index (Phi) is 8.85. The van der Waals surface area contributed by atoms with E-state index in [0.717, 1.165) is 6.42 Å². The van der Waals surface area contributed by atoms with Crippen LogP contribution in [0.15, 0.2) is 24.3 Å². The topological polar surface area (TPSA) is 23.8 Å². The van der Waals surface area contributed by atoms with Gasteiger partial charge in [0.25, 0.3) is 0 Å². The minimum Gasteiger partial charge on any atom is -0.198 e. The second-order valence-corrected chi connectivity index (χ2v) is 10.6. The van der Waals surface area contributed by atoms with Gasteiger partial charge in [-0.05, 0) is 67.9 Å². The van der Waals surface area contributed by atoms with Crippen molar-refractivity contribution in [2.24, 2.45) is 11.3 Å². The minimum absolute atomic E-state index is 0.0902. The number of rotatable bonds is 10. The SMILES string of the molecule is CCCCc1ccc(C2(C(C#N)CC3(CCCC)CCCCC3)CCCCC2)cc1. The summed E-state index contributed by atoms with van der Waals surface area (Å²) >= 11 is 0. The van der Waals surface area contributed by atoms with E-state index in [1.807, 2.05) is 0 Å². The predicted molar refractivity (Wildman–Crippen MR) is 129 cm³/mol. The molecule has 1 nitrogen and oxygen atoms in total. The second kappa shape index (κ2) is 11.4. The van der Waals surface area contributed by atoms with E-state index in [4.69, 9.17) is 0 Å². The fourth-order valence-corrected chi connectivity index (χ4v) is 6.61. The molecule has 2 aliphatic rings. The highest BCUT2D eigenvalue weighted by atomic mass is 14.5. The maximum absolute atomic E-state index is 10.5. The Bertz CT molecular complexity index is 653. The van der Waals surface area contributed by atoms with Crippen molar-refractivity contribution >= 4 is 0 Å². The van der Waals surface area contributed by atoms with Gasteiger partial charge in [-0.2, -0.15) is 5.26 Å². The quantitative estimate of drug-likeness (QED) is 0.380. The van der Waals surface area contributed by atoms with Crippen molar-refractivity contribution in [3.8, 4) is 6.07 Å². The van der Waals surface area contributed by atoms with Gasteiger partial charge in [0.05, 0.1) is 12.0 Å². The summed E-state index contributed by atoms with van der Waals surface area (Å²) < 4.78 is 0. The first kappa shape index (κ1) is 23.4. The van der Waals surface area contributed by atoms with Gasteiger partial charge in [0.15, 0.2) is 0 Å². The van der Waals surface area contributed by atoms with Crippen molar-refractivity contribution < 1.29 is 0 Å². The maximum atomic E-state index is 10.5. The molecule has 2 fully saturated rings. The van der Waals surface area contributed by atoms with Gasteiger partial charge in [-0.3, -0.25) is 0 Å². The lowest BCUT2D eigenvalue weighted by atomic mass is 9.56. The average molecular weight is 408 g/mol. The summed E-state index contributed by atoms with van der Waals surface area (Å²) in [4.78, 5) is 0. The molecule has 0 amide bonds. The summed E-state index contributed by atoms with van der Waals surface area (Å²) in [5.74, 6) is 0.175. The van der Waals surface area contributed by atoms with Crippen molar-refractivity contribution in [2.45, 2.75) is 128 Å². The summed E-state index contributed by atoms with van der Waals surface area (Å²) in [6, 6.07) is 12.4. The van der Waals surface area contributed by atoms with E-state index in [1.165, 1.54) is 114 Å². The van der Waals surface area contributed by atoms with Crippen molar-refractivity contribution in [3.63, 3.8) is 0 Å². The molecular formula is C29H45N. The zero-order valence-electron chi connectivity index (χ0n) is 19.9. The maximum Gasteiger partial charge on any atom is 0.0665 e. The smallest absolute Gasteiger partial charge is 0.0665 e. The first-order valence-electron chi connectivity index (χ1n) is 13.2. The molecule has 166 valence electrons. The van der Waals surface area contributed by atoms with Crippen molar-refractivity contribution in [1.82, 2.24) is 0 Å². The van der Waals surface area contributed by atoms with Crippen LogP contribution in [-0.2, 0) is 11.8 Å². The Balaban J connectivity index is 1.87. The molecule has 0 heterocycles. The molecule has 0 aliphatic heterocycles. The first-order chi connectivity index (χ1) is 14.7. The van der Waals surface area contributed by atoms with Crippen LogP contribution in [0.1, 0.15) is 128 Å². The van der Waals surface area contributed by atoms with Gasteiger partial charge < -0.3 is 0 Å². The predicted octanol–water partition coefficient (Wildman–Crippen LogP) is 8.90. The van der Waals surface area contributed by atoms with E-state index in [9.17, 15) is 5.26 Å². The molecule has 0 aromatic heterocycles. The molecule has 0 bridgehead atoms. The third kappa shape index (κ3) is 5.49. The van der Waals surface area contributed by atoms with Gasteiger partial charge in [0.1, 0.15) is 0 Å². The molecule has 1 atom stereocenters. The number of hydrogen-bond donors (Lipinski definition) is 0. The standard InChI is InChI=1S/C29H45N/c1-3-5-13-25-14-16-26(17-15-25)29(21-11-8-12-22-29)27(24-30)23-28(18-6-4-2)19-9-7-10-20-28/h14-17,27H,3-13,18-23H2,1-2H3. The Morgan fingerprint density at radius 3 is 2.00 bits per heavy atom.